The van der Waals surface area contributed by atoms with Crippen LogP contribution >= 0.6 is 0 Å². The van der Waals surface area contributed by atoms with Gasteiger partial charge >= 0.3 is 0 Å². The van der Waals surface area contributed by atoms with Crippen molar-refractivity contribution >= 4 is 15.6 Å². The van der Waals surface area contributed by atoms with E-state index >= 15 is 0 Å². The number of unbranched alkanes of at least 4 members (excludes halogenated alkanes) is 3. The van der Waals surface area contributed by atoms with Crippen LogP contribution in [0.25, 0.3) is 0 Å². The average Bonchev–Trinajstić information content (AvgIpc) is 2.10. The topological polar surface area (TPSA) is 51.2 Å². The van der Waals surface area contributed by atoms with Gasteiger partial charge in [0.25, 0.3) is 0 Å². The summed E-state index contributed by atoms with van der Waals surface area (Å²) in [6.07, 6.45) is 7.12. The van der Waals surface area contributed by atoms with Crippen LogP contribution in [-0.4, -0.2) is 26.2 Å². The fourth-order valence-corrected chi connectivity index (χ4v) is 2.07. The molecule has 0 unspecified atom stereocenters. The van der Waals surface area contributed by atoms with E-state index < -0.39 is 9.84 Å². The van der Waals surface area contributed by atoms with Gasteiger partial charge in [0.1, 0.15) is 15.6 Å². The first-order valence-corrected chi connectivity index (χ1v) is 7.71. The van der Waals surface area contributed by atoms with Crippen molar-refractivity contribution in [1.82, 2.24) is 0 Å². The van der Waals surface area contributed by atoms with Gasteiger partial charge in [0, 0.05) is 19.1 Å². The van der Waals surface area contributed by atoms with Gasteiger partial charge < -0.3 is 0 Å². The SMILES string of the molecule is CCCCCCC(=O)CCCS(C)(=O)=O. The maximum absolute atomic E-state index is 11.3. The van der Waals surface area contributed by atoms with Crippen LogP contribution in [0.2, 0.25) is 0 Å². The Balaban J connectivity index is 3.42. The highest BCUT2D eigenvalue weighted by Crippen LogP contribution is 2.06. The summed E-state index contributed by atoms with van der Waals surface area (Å²) in [5.74, 6) is 0.336. The zero-order valence-corrected chi connectivity index (χ0v) is 10.6. The van der Waals surface area contributed by atoms with E-state index in [0.29, 0.717) is 19.3 Å². The summed E-state index contributed by atoms with van der Waals surface area (Å²) in [7, 11) is -2.90. The Morgan fingerprint density at radius 1 is 1.00 bits per heavy atom. The van der Waals surface area contributed by atoms with Crippen LogP contribution in [0.5, 0.6) is 0 Å². The fraction of sp³-hybridized carbons (Fsp3) is 0.909. The molecule has 0 aromatic heterocycles. The van der Waals surface area contributed by atoms with Gasteiger partial charge in [-0.3, -0.25) is 4.79 Å². The van der Waals surface area contributed by atoms with Gasteiger partial charge in [-0.1, -0.05) is 26.2 Å². The third-order valence-corrected chi connectivity index (χ3v) is 3.31. The summed E-state index contributed by atoms with van der Waals surface area (Å²) in [6, 6.07) is 0. The van der Waals surface area contributed by atoms with E-state index in [-0.39, 0.29) is 11.5 Å². The normalized spacial score (nSPS) is 11.6. The molecule has 0 atom stereocenters. The third-order valence-electron chi connectivity index (χ3n) is 2.28. The Morgan fingerprint density at radius 2 is 1.60 bits per heavy atom. The molecule has 0 amide bonds. The minimum absolute atomic E-state index is 0.133. The van der Waals surface area contributed by atoms with E-state index in [4.69, 9.17) is 0 Å². The second kappa shape index (κ2) is 7.85. The van der Waals surface area contributed by atoms with Gasteiger partial charge in [-0.15, -0.1) is 0 Å². The van der Waals surface area contributed by atoms with Crippen molar-refractivity contribution in [2.75, 3.05) is 12.0 Å². The summed E-state index contributed by atoms with van der Waals surface area (Å²) in [4.78, 5) is 11.3. The van der Waals surface area contributed by atoms with Crippen molar-refractivity contribution in [3.63, 3.8) is 0 Å². The molecular weight excluding hydrogens is 212 g/mol. The second-order valence-electron chi connectivity index (χ2n) is 4.08. The zero-order valence-electron chi connectivity index (χ0n) is 9.79. The van der Waals surface area contributed by atoms with E-state index in [1.54, 1.807) is 0 Å². The molecular formula is C11H22O3S. The molecule has 0 saturated carbocycles. The van der Waals surface area contributed by atoms with Gasteiger partial charge in [-0.25, -0.2) is 8.42 Å². The highest BCUT2D eigenvalue weighted by molar-refractivity contribution is 7.90. The van der Waals surface area contributed by atoms with Crippen LogP contribution in [0.3, 0.4) is 0 Å². The van der Waals surface area contributed by atoms with Crippen LogP contribution in [0, 0.1) is 0 Å². The lowest BCUT2D eigenvalue weighted by atomic mass is 10.1. The van der Waals surface area contributed by atoms with E-state index in [2.05, 4.69) is 6.92 Å². The first kappa shape index (κ1) is 14.6. The predicted octanol–water partition coefficient (Wildman–Crippen LogP) is 2.35. The van der Waals surface area contributed by atoms with E-state index in [9.17, 15) is 13.2 Å². The Labute approximate surface area is 93.2 Å². The Kier molecular flexibility index (Phi) is 7.65. The number of hydrogen-bond donors (Lipinski definition) is 0. The minimum Gasteiger partial charge on any atom is -0.300 e. The van der Waals surface area contributed by atoms with Crippen LogP contribution in [0.4, 0.5) is 0 Å². The number of rotatable bonds is 9. The molecule has 0 heterocycles. The first-order valence-electron chi connectivity index (χ1n) is 5.65. The van der Waals surface area contributed by atoms with Crippen molar-refractivity contribution in [2.45, 2.75) is 51.9 Å². The molecule has 0 aromatic rings. The number of Topliss-reactive ketones (excluding diaryl/α,β-unsaturated/α-hetero) is 1. The van der Waals surface area contributed by atoms with Crippen molar-refractivity contribution in [2.24, 2.45) is 0 Å². The molecule has 0 aliphatic heterocycles. The number of carbonyl (C=O) groups excluding carboxylic acids is 1. The Bertz CT molecular complexity index is 268. The predicted molar refractivity (Wildman–Crippen MR) is 62.7 cm³/mol. The van der Waals surface area contributed by atoms with E-state index in [1.807, 2.05) is 0 Å². The van der Waals surface area contributed by atoms with Gasteiger partial charge in [0.2, 0.25) is 0 Å². The molecule has 0 bridgehead atoms. The number of sulfone groups is 1. The molecule has 15 heavy (non-hydrogen) atoms. The molecule has 0 spiro atoms. The van der Waals surface area contributed by atoms with Crippen LogP contribution < -0.4 is 0 Å². The van der Waals surface area contributed by atoms with Crippen molar-refractivity contribution in [1.29, 1.82) is 0 Å². The molecule has 0 radical (unpaired) electrons. The van der Waals surface area contributed by atoms with E-state index in [0.717, 1.165) is 12.8 Å². The summed E-state index contributed by atoms with van der Waals surface area (Å²) in [5, 5.41) is 0. The second-order valence-corrected chi connectivity index (χ2v) is 6.34. The molecule has 3 nitrogen and oxygen atoms in total. The molecule has 90 valence electrons. The highest BCUT2D eigenvalue weighted by Gasteiger charge is 2.05. The molecule has 0 aliphatic rings. The zero-order chi connectivity index (χ0) is 11.7. The third kappa shape index (κ3) is 11.5. The maximum atomic E-state index is 11.3. The maximum Gasteiger partial charge on any atom is 0.147 e. The lowest BCUT2D eigenvalue weighted by molar-refractivity contribution is -0.119. The van der Waals surface area contributed by atoms with Gasteiger partial charge in [-0.2, -0.15) is 0 Å². The summed E-state index contributed by atoms with van der Waals surface area (Å²) in [5.41, 5.74) is 0. The van der Waals surface area contributed by atoms with Crippen molar-refractivity contribution < 1.29 is 13.2 Å². The van der Waals surface area contributed by atoms with Crippen molar-refractivity contribution in [3.8, 4) is 0 Å². The number of ketones is 1. The summed E-state index contributed by atoms with van der Waals surface area (Å²) < 4.78 is 21.6. The molecule has 0 aromatic carbocycles. The fourth-order valence-electron chi connectivity index (χ4n) is 1.41. The lowest BCUT2D eigenvalue weighted by Crippen LogP contribution is -2.06. The largest absolute Gasteiger partial charge is 0.300 e. The summed E-state index contributed by atoms with van der Waals surface area (Å²) >= 11 is 0. The van der Waals surface area contributed by atoms with Gasteiger partial charge in [0.15, 0.2) is 0 Å². The molecule has 0 N–H and O–H groups in total. The smallest absolute Gasteiger partial charge is 0.147 e. The molecule has 0 aliphatic carbocycles. The van der Waals surface area contributed by atoms with Crippen LogP contribution in [-0.2, 0) is 14.6 Å². The number of carbonyl (C=O) groups is 1. The molecule has 4 heteroatoms. The summed E-state index contributed by atoms with van der Waals surface area (Å²) in [6.45, 7) is 2.13. The Morgan fingerprint density at radius 3 is 2.13 bits per heavy atom. The average molecular weight is 234 g/mol. The molecule has 0 rings (SSSR count). The standard InChI is InChI=1S/C11H22O3S/c1-3-4-5-6-8-11(12)9-7-10-15(2,13)14/h3-10H2,1-2H3. The van der Waals surface area contributed by atoms with Gasteiger partial charge in [0.05, 0.1) is 5.75 Å². The highest BCUT2D eigenvalue weighted by atomic mass is 32.2. The monoisotopic (exact) mass is 234 g/mol. The molecule has 0 saturated heterocycles. The first-order chi connectivity index (χ1) is 6.95. The number of hydrogen-bond acceptors (Lipinski definition) is 3. The van der Waals surface area contributed by atoms with Crippen LogP contribution in [0.15, 0.2) is 0 Å². The Hall–Kier alpha value is -0.380. The van der Waals surface area contributed by atoms with Crippen molar-refractivity contribution in [3.05, 3.63) is 0 Å². The minimum atomic E-state index is -2.90. The van der Waals surface area contributed by atoms with Crippen LogP contribution in [0.1, 0.15) is 51.9 Å². The van der Waals surface area contributed by atoms with Gasteiger partial charge in [-0.05, 0) is 12.8 Å². The lowest BCUT2D eigenvalue weighted by Gasteiger charge is -2.00. The molecule has 0 fully saturated rings. The van der Waals surface area contributed by atoms with E-state index in [1.165, 1.54) is 19.1 Å². The quantitative estimate of drug-likeness (QED) is 0.575.